The van der Waals surface area contributed by atoms with Crippen LogP contribution in [-0.2, 0) is 6.54 Å². The fourth-order valence-corrected chi connectivity index (χ4v) is 3.48. The highest BCUT2D eigenvalue weighted by atomic mass is 19.1. The lowest BCUT2D eigenvalue weighted by Gasteiger charge is -2.37. The Balaban J connectivity index is 1.61. The molecule has 0 amide bonds. The van der Waals surface area contributed by atoms with Gasteiger partial charge in [0.05, 0.1) is 11.4 Å². The van der Waals surface area contributed by atoms with E-state index in [1.807, 2.05) is 23.7 Å². The van der Waals surface area contributed by atoms with Gasteiger partial charge in [0.15, 0.2) is 5.82 Å². The van der Waals surface area contributed by atoms with Crippen molar-refractivity contribution in [2.24, 2.45) is 0 Å². The van der Waals surface area contributed by atoms with Crippen molar-refractivity contribution < 1.29 is 4.39 Å². The number of nitrogens with zero attached hydrogens (tertiary/aromatic N) is 6. The highest BCUT2D eigenvalue weighted by molar-refractivity contribution is 5.87. The standard InChI is InChI=1S/C18H21FN6/c1-3-25-17-16(13(2)22-25)20-12-21-18(17)24-10-8-23(9-11-24)15-7-5-4-6-14(15)19/h4-7,12H,3,8-11H2,1-2H3. The molecule has 3 heterocycles. The number of anilines is 2. The van der Waals surface area contributed by atoms with Gasteiger partial charge in [-0.1, -0.05) is 12.1 Å². The number of fused-ring (bicyclic) bond motifs is 1. The van der Waals surface area contributed by atoms with Crippen molar-refractivity contribution in [1.82, 2.24) is 19.7 Å². The number of hydrogen-bond donors (Lipinski definition) is 0. The van der Waals surface area contributed by atoms with Crippen molar-refractivity contribution in [2.75, 3.05) is 36.0 Å². The monoisotopic (exact) mass is 340 g/mol. The first-order valence-electron chi connectivity index (χ1n) is 8.61. The number of rotatable bonds is 3. The zero-order chi connectivity index (χ0) is 17.4. The molecule has 3 aromatic rings. The molecule has 0 spiro atoms. The van der Waals surface area contributed by atoms with Crippen LogP contribution >= 0.6 is 0 Å². The van der Waals surface area contributed by atoms with Crippen LogP contribution in [0.3, 0.4) is 0 Å². The normalized spacial score (nSPS) is 15.2. The zero-order valence-electron chi connectivity index (χ0n) is 14.5. The quantitative estimate of drug-likeness (QED) is 0.734. The fraction of sp³-hybridized carbons (Fsp3) is 0.389. The number of aromatic nitrogens is 4. The van der Waals surface area contributed by atoms with Crippen LogP contribution in [0, 0.1) is 12.7 Å². The Hall–Kier alpha value is -2.70. The Kier molecular flexibility index (Phi) is 3.99. The molecule has 0 radical (unpaired) electrons. The number of hydrogen-bond acceptors (Lipinski definition) is 5. The van der Waals surface area contributed by atoms with Crippen LogP contribution < -0.4 is 9.80 Å². The third-order valence-corrected chi connectivity index (χ3v) is 4.75. The second-order valence-electron chi connectivity index (χ2n) is 6.22. The van der Waals surface area contributed by atoms with Crippen LogP contribution in [0.25, 0.3) is 11.0 Å². The van der Waals surface area contributed by atoms with Crippen molar-refractivity contribution in [1.29, 1.82) is 0 Å². The molecular weight excluding hydrogens is 319 g/mol. The van der Waals surface area contributed by atoms with Crippen LogP contribution in [-0.4, -0.2) is 45.9 Å². The molecular formula is C18H21FN6. The van der Waals surface area contributed by atoms with Gasteiger partial charge in [0.25, 0.3) is 0 Å². The van der Waals surface area contributed by atoms with Gasteiger partial charge in [-0.3, -0.25) is 4.68 Å². The molecule has 2 aromatic heterocycles. The second kappa shape index (κ2) is 6.31. The Bertz CT molecular complexity index is 898. The average Bonchev–Trinajstić information content (AvgIpc) is 2.99. The second-order valence-corrected chi connectivity index (χ2v) is 6.22. The van der Waals surface area contributed by atoms with Gasteiger partial charge in [0.2, 0.25) is 0 Å². The summed E-state index contributed by atoms with van der Waals surface area (Å²) in [4.78, 5) is 13.3. The van der Waals surface area contributed by atoms with Gasteiger partial charge in [-0.2, -0.15) is 5.10 Å². The SMILES string of the molecule is CCn1nc(C)c2ncnc(N3CCN(c4ccccc4F)CC3)c21. The lowest BCUT2D eigenvalue weighted by molar-refractivity contribution is 0.595. The highest BCUT2D eigenvalue weighted by Crippen LogP contribution is 2.27. The maximum Gasteiger partial charge on any atom is 0.158 e. The fourth-order valence-electron chi connectivity index (χ4n) is 3.48. The summed E-state index contributed by atoms with van der Waals surface area (Å²) < 4.78 is 16.0. The first kappa shape index (κ1) is 15.8. The van der Waals surface area contributed by atoms with Gasteiger partial charge in [-0.25, -0.2) is 14.4 Å². The average molecular weight is 340 g/mol. The molecule has 0 bridgehead atoms. The smallest absolute Gasteiger partial charge is 0.158 e. The van der Waals surface area contributed by atoms with E-state index >= 15 is 0 Å². The minimum absolute atomic E-state index is 0.167. The summed E-state index contributed by atoms with van der Waals surface area (Å²) in [5.74, 6) is 0.751. The summed E-state index contributed by atoms with van der Waals surface area (Å²) >= 11 is 0. The van der Waals surface area contributed by atoms with Crippen LogP contribution in [0.1, 0.15) is 12.6 Å². The Morgan fingerprint density at radius 1 is 1.04 bits per heavy atom. The van der Waals surface area contributed by atoms with Crippen LogP contribution in [0.15, 0.2) is 30.6 Å². The summed E-state index contributed by atoms with van der Waals surface area (Å²) in [6, 6.07) is 6.95. The predicted molar refractivity (Wildman–Crippen MR) is 96.6 cm³/mol. The molecule has 0 atom stereocenters. The molecule has 1 aliphatic heterocycles. The van der Waals surface area contributed by atoms with Gasteiger partial charge < -0.3 is 9.80 Å². The molecule has 0 aliphatic carbocycles. The van der Waals surface area contributed by atoms with Gasteiger partial charge >= 0.3 is 0 Å². The van der Waals surface area contributed by atoms with Crippen molar-refractivity contribution in [2.45, 2.75) is 20.4 Å². The van der Waals surface area contributed by atoms with Crippen molar-refractivity contribution >= 4 is 22.5 Å². The van der Waals surface area contributed by atoms with E-state index in [1.165, 1.54) is 6.07 Å². The summed E-state index contributed by atoms with van der Waals surface area (Å²) in [7, 11) is 0. The molecule has 0 unspecified atom stereocenters. The zero-order valence-corrected chi connectivity index (χ0v) is 14.5. The molecule has 6 nitrogen and oxygen atoms in total. The molecule has 1 fully saturated rings. The van der Waals surface area contributed by atoms with E-state index in [4.69, 9.17) is 0 Å². The first-order valence-corrected chi connectivity index (χ1v) is 8.61. The minimum Gasteiger partial charge on any atom is -0.366 e. The molecule has 0 N–H and O–H groups in total. The largest absolute Gasteiger partial charge is 0.366 e. The Labute approximate surface area is 145 Å². The molecule has 1 aromatic carbocycles. The summed E-state index contributed by atoms with van der Waals surface area (Å²) in [5, 5.41) is 4.57. The third-order valence-electron chi connectivity index (χ3n) is 4.75. The van der Waals surface area contributed by atoms with Crippen LogP contribution in [0.5, 0.6) is 0 Å². The molecule has 25 heavy (non-hydrogen) atoms. The first-order chi connectivity index (χ1) is 12.2. The molecule has 1 saturated heterocycles. The van der Waals surface area contributed by atoms with Crippen molar-refractivity contribution in [3.63, 3.8) is 0 Å². The van der Waals surface area contributed by atoms with Crippen molar-refractivity contribution in [3.05, 3.63) is 42.1 Å². The van der Waals surface area contributed by atoms with Crippen LogP contribution in [0.4, 0.5) is 15.9 Å². The van der Waals surface area contributed by atoms with E-state index in [9.17, 15) is 4.39 Å². The summed E-state index contributed by atoms with van der Waals surface area (Å²) in [6.07, 6.45) is 1.61. The number of benzene rings is 1. The van der Waals surface area contributed by atoms with Crippen molar-refractivity contribution in [3.8, 4) is 0 Å². The van der Waals surface area contributed by atoms with Gasteiger partial charge in [0, 0.05) is 32.7 Å². The van der Waals surface area contributed by atoms with Gasteiger partial charge in [-0.15, -0.1) is 0 Å². The lowest BCUT2D eigenvalue weighted by Crippen LogP contribution is -2.47. The molecule has 4 rings (SSSR count). The number of aryl methyl sites for hydroxylation is 2. The van der Waals surface area contributed by atoms with E-state index in [0.717, 1.165) is 55.3 Å². The summed E-state index contributed by atoms with van der Waals surface area (Å²) in [5.41, 5.74) is 3.49. The third kappa shape index (κ3) is 2.69. The maximum atomic E-state index is 14.0. The number of para-hydroxylation sites is 1. The Morgan fingerprint density at radius 3 is 2.48 bits per heavy atom. The molecule has 0 saturated carbocycles. The van der Waals surface area contributed by atoms with E-state index in [1.54, 1.807) is 12.4 Å². The van der Waals surface area contributed by atoms with E-state index < -0.39 is 0 Å². The molecule has 130 valence electrons. The molecule has 1 aliphatic rings. The van der Waals surface area contributed by atoms with Crippen LogP contribution in [0.2, 0.25) is 0 Å². The topological polar surface area (TPSA) is 50.1 Å². The van der Waals surface area contributed by atoms with Gasteiger partial charge in [-0.05, 0) is 26.0 Å². The minimum atomic E-state index is -0.167. The Morgan fingerprint density at radius 2 is 1.76 bits per heavy atom. The van der Waals surface area contributed by atoms with E-state index in [0.29, 0.717) is 5.69 Å². The summed E-state index contributed by atoms with van der Waals surface area (Å²) in [6.45, 7) is 7.90. The van der Waals surface area contributed by atoms with Gasteiger partial charge in [0.1, 0.15) is 23.2 Å². The molecule has 7 heteroatoms. The highest BCUT2D eigenvalue weighted by Gasteiger charge is 2.23. The maximum absolute atomic E-state index is 14.0. The number of piperazine rings is 1. The number of halogens is 1. The predicted octanol–water partition coefficient (Wildman–Crippen LogP) is 2.62. The van der Waals surface area contributed by atoms with E-state index in [2.05, 4.69) is 31.8 Å². The van der Waals surface area contributed by atoms with E-state index in [-0.39, 0.29) is 5.82 Å². The lowest BCUT2D eigenvalue weighted by atomic mass is 10.2.